The molecule has 2 rings (SSSR count). The maximum Gasteiger partial charge on any atom is 0.0896 e. The Balaban J connectivity index is 1.99. The van der Waals surface area contributed by atoms with Crippen LogP contribution in [0.3, 0.4) is 0 Å². The van der Waals surface area contributed by atoms with Crippen molar-refractivity contribution in [2.24, 2.45) is 0 Å². The number of nitrogen functional groups attached to an aromatic ring is 1. The van der Waals surface area contributed by atoms with Crippen molar-refractivity contribution in [3.05, 3.63) is 45.7 Å². The molecule has 0 unspecified atom stereocenters. The van der Waals surface area contributed by atoms with Gasteiger partial charge in [-0.25, -0.2) is 0 Å². The Hall–Kier alpha value is -1.000. The summed E-state index contributed by atoms with van der Waals surface area (Å²) in [5.41, 5.74) is 7.70. The maximum atomic E-state index is 5.70. The summed E-state index contributed by atoms with van der Waals surface area (Å²) in [4.78, 5) is 0. The number of hydrogen-bond donors (Lipinski definition) is 2. The monoisotopic (exact) mass is 282 g/mol. The zero-order chi connectivity index (χ0) is 10.7. The Kier molecular flexibility index (Phi) is 3.28. The summed E-state index contributed by atoms with van der Waals surface area (Å²) < 4.78 is 1.11. The quantitative estimate of drug-likeness (QED) is 0.843. The first-order valence-electron chi connectivity index (χ1n) is 4.56. The molecular weight excluding hydrogens is 272 g/mol. The zero-order valence-electron chi connectivity index (χ0n) is 8.03. The van der Waals surface area contributed by atoms with Crippen molar-refractivity contribution in [3.8, 4) is 0 Å². The van der Waals surface area contributed by atoms with Gasteiger partial charge in [-0.05, 0) is 39.7 Å². The van der Waals surface area contributed by atoms with E-state index in [1.807, 2.05) is 18.2 Å². The predicted octanol–water partition coefficient (Wildman–Crippen LogP) is 3.70. The molecule has 78 valence electrons. The second-order valence-electron chi connectivity index (χ2n) is 3.23. The van der Waals surface area contributed by atoms with Gasteiger partial charge >= 0.3 is 0 Å². The molecule has 1 aromatic carbocycles. The highest BCUT2D eigenvalue weighted by Gasteiger charge is 1.97. The maximum absolute atomic E-state index is 5.70. The van der Waals surface area contributed by atoms with Gasteiger partial charge in [-0.15, -0.1) is 11.3 Å². The molecule has 0 saturated carbocycles. The van der Waals surface area contributed by atoms with Gasteiger partial charge in [0.1, 0.15) is 0 Å². The lowest BCUT2D eigenvalue weighted by Gasteiger charge is -2.04. The van der Waals surface area contributed by atoms with Crippen molar-refractivity contribution in [1.29, 1.82) is 0 Å². The Morgan fingerprint density at radius 1 is 1.33 bits per heavy atom. The van der Waals surface area contributed by atoms with Crippen molar-refractivity contribution >= 4 is 38.0 Å². The van der Waals surface area contributed by atoms with E-state index in [4.69, 9.17) is 5.73 Å². The van der Waals surface area contributed by atoms with Crippen LogP contribution in [0, 0.1) is 0 Å². The number of rotatable bonds is 3. The van der Waals surface area contributed by atoms with Gasteiger partial charge in [0.05, 0.1) is 5.00 Å². The molecule has 1 heterocycles. The van der Waals surface area contributed by atoms with Gasteiger partial charge in [-0.3, -0.25) is 0 Å². The fourth-order valence-electron chi connectivity index (χ4n) is 1.30. The number of halogens is 1. The number of thiophene rings is 1. The molecule has 4 heteroatoms. The SMILES string of the molecule is Nc1cccc(CNc2cc(Br)cs2)c1. The average molecular weight is 283 g/mol. The normalized spacial score (nSPS) is 10.2. The Labute approximate surface area is 101 Å². The number of anilines is 2. The number of benzene rings is 1. The summed E-state index contributed by atoms with van der Waals surface area (Å²) in [5, 5.41) is 6.56. The molecule has 2 nitrogen and oxygen atoms in total. The van der Waals surface area contributed by atoms with Crippen LogP contribution in [0.4, 0.5) is 10.7 Å². The molecule has 0 spiro atoms. The molecule has 0 fully saturated rings. The number of nitrogens with two attached hydrogens (primary N) is 1. The lowest BCUT2D eigenvalue weighted by Crippen LogP contribution is -1.98. The van der Waals surface area contributed by atoms with Crippen molar-refractivity contribution in [3.63, 3.8) is 0 Å². The molecule has 0 aliphatic heterocycles. The Morgan fingerprint density at radius 3 is 2.87 bits per heavy atom. The van der Waals surface area contributed by atoms with Crippen LogP contribution in [0.1, 0.15) is 5.56 Å². The first kappa shape index (κ1) is 10.5. The standard InChI is InChI=1S/C11H11BrN2S/c12-9-5-11(15-7-9)14-6-8-2-1-3-10(13)4-8/h1-5,7,14H,6,13H2. The van der Waals surface area contributed by atoms with Gasteiger partial charge in [-0.1, -0.05) is 12.1 Å². The van der Waals surface area contributed by atoms with E-state index in [0.29, 0.717) is 0 Å². The second kappa shape index (κ2) is 4.68. The van der Waals surface area contributed by atoms with E-state index >= 15 is 0 Å². The minimum absolute atomic E-state index is 0.804. The van der Waals surface area contributed by atoms with Crippen LogP contribution in [-0.4, -0.2) is 0 Å². The van der Waals surface area contributed by atoms with Crippen LogP contribution in [0.25, 0.3) is 0 Å². The summed E-state index contributed by atoms with van der Waals surface area (Å²) >= 11 is 5.10. The first-order chi connectivity index (χ1) is 7.24. The minimum Gasteiger partial charge on any atom is -0.399 e. The lowest BCUT2D eigenvalue weighted by atomic mass is 10.2. The molecule has 1 aromatic heterocycles. The van der Waals surface area contributed by atoms with Crippen LogP contribution in [0.2, 0.25) is 0 Å². The largest absolute Gasteiger partial charge is 0.399 e. The van der Waals surface area contributed by atoms with Gasteiger partial charge in [-0.2, -0.15) is 0 Å². The molecule has 0 saturated heterocycles. The highest BCUT2D eigenvalue weighted by molar-refractivity contribution is 9.10. The van der Waals surface area contributed by atoms with E-state index in [0.717, 1.165) is 21.7 Å². The summed E-state index contributed by atoms with van der Waals surface area (Å²) in [6, 6.07) is 9.97. The van der Waals surface area contributed by atoms with Crippen LogP contribution < -0.4 is 11.1 Å². The summed E-state index contributed by atoms with van der Waals surface area (Å²) in [6.45, 7) is 0.804. The third-order valence-corrected chi connectivity index (χ3v) is 3.63. The molecule has 2 aromatic rings. The van der Waals surface area contributed by atoms with Crippen LogP contribution in [0.15, 0.2) is 40.2 Å². The molecule has 0 aliphatic carbocycles. The number of hydrogen-bond acceptors (Lipinski definition) is 3. The molecule has 15 heavy (non-hydrogen) atoms. The second-order valence-corrected chi connectivity index (χ2v) is 5.05. The van der Waals surface area contributed by atoms with E-state index in [9.17, 15) is 0 Å². The van der Waals surface area contributed by atoms with E-state index in [2.05, 4.69) is 38.8 Å². The summed E-state index contributed by atoms with van der Waals surface area (Å²) in [5.74, 6) is 0. The number of nitrogens with one attached hydrogen (secondary N) is 1. The third-order valence-electron chi connectivity index (χ3n) is 1.99. The highest BCUT2D eigenvalue weighted by atomic mass is 79.9. The molecule has 0 amide bonds. The predicted molar refractivity (Wildman–Crippen MR) is 70.2 cm³/mol. The Morgan fingerprint density at radius 2 is 2.20 bits per heavy atom. The van der Waals surface area contributed by atoms with Crippen LogP contribution >= 0.6 is 27.3 Å². The van der Waals surface area contributed by atoms with Crippen molar-refractivity contribution in [1.82, 2.24) is 0 Å². The van der Waals surface area contributed by atoms with Gasteiger partial charge in [0, 0.05) is 22.1 Å². The van der Waals surface area contributed by atoms with E-state index in [1.54, 1.807) is 11.3 Å². The van der Waals surface area contributed by atoms with Crippen molar-refractivity contribution in [2.45, 2.75) is 6.54 Å². The van der Waals surface area contributed by atoms with Crippen LogP contribution in [-0.2, 0) is 6.54 Å². The molecule has 0 atom stereocenters. The summed E-state index contributed by atoms with van der Waals surface area (Å²) in [6.07, 6.45) is 0. The van der Waals surface area contributed by atoms with Crippen molar-refractivity contribution in [2.75, 3.05) is 11.1 Å². The molecule has 0 aliphatic rings. The molecule has 0 bridgehead atoms. The highest BCUT2D eigenvalue weighted by Crippen LogP contribution is 2.24. The smallest absolute Gasteiger partial charge is 0.0896 e. The third kappa shape index (κ3) is 2.97. The topological polar surface area (TPSA) is 38.0 Å². The van der Waals surface area contributed by atoms with Gasteiger partial charge in [0.15, 0.2) is 0 Å². The van der Waals surface area contributed by atoms with Gasteiger partial charge < -0.3 is 11.1 Å². The van der Waals surface area contributed by atoms with Gasteiger partial charge in [0.2, 0.25) is 0 Å². The fraction of sp³-hybridized carbons (Fsp3) is 0.0909. The first-order valence-corrected chi connectivity index (χ1v) is 6.23. The van der Waals surface area contributed by atoms with Gasteiger partial charge in [0.25, 0.3) is 0 Å². The average Bonchev–Trinajstić information content (AvgIpc) is 2.62. The van der Waals surface area contributed by atoms with Crippen LogP contribution in [0.5, 0.6) is 0 Å². The molecule has 0 radical (unpaired) electrons. The fourth-order valence-corrected chi connectivity index (χ4v) is 2.62. The molecule has 3 N–H and O–H groups in total. The van der Waals surface area contributed by atoms with Crippen molar-refractivity contribution < 1.29 is 0 Å². The summed E-state index contributed by atoms with van der Waals surface area (Å²) in [7, 11) is 0. The molecular formula is C11H11BrN2S. The van der Waals surface area contributed by atoms with E-state index < -0.39 is 0 Å². The zero-order valence-corrected chi connectivity index (χ0v) is 10.4. The minimum atomic E-state index is 0.804. The lowest BCUT2D eigenvalue weighted by molar-refractivity contribution is 1.16. The van der Waals surface area contributed by atoms with E-state index in [1.165, 1.54) is 5.56 Å². The van der Waals surface area contributed by atoms with E-state index in [-0.39, 0.29) is 0 Å². The Bertz CT molecular complexity index is 453.